The van der Waals surface area contributed by atoms with Gasteiger partial charge < -0.3 is 20.8 Å². The molecule has 0 radical (unpaired) electrons. The molecule has 0 aromatic heterocycles. The van der Waals surface area contributed by atoms with Gasteiger partial charge >= 0.3 is 11.9 Å². The molecule has 204 valence electrons. The normalized spacial score (nSPS) is 10.8. The van der Waals surface area contributed by atoms with Gasteiger partial charge in [-0.15, -0.1) is 0 Å². The number of carbonyl (C=O) groups excluding carboxylic acids is 2. The van der Waals surface area contributed by atoms with E-state index in [1.54, 1.807) is 0 Å². The van der Waals surface area contributed by atoms with Crippen molar-refractivity contribution in [3.63, 3.8) is 0 Å². The SMILES string of the molecule is Cc1cccc(CCNC(=O)c2ccc(C(=O)O)c3c(C(=O)NCCc4cccc(C)c4)ccc(C(=O)O)c23)c1. The van der Waals surface area contributed by atoms with Crippen molar-refractivity contribution in [2.45, 2.75) is 26.7 Å². The average Bonchev–Trinajstić information content (AvgIpc) is 2.91. The Morgan fingerprint density at radius 3 is 1.30 bits per heavy atom. The third-order valence-electron chi connectivity index (χ3n) is 6.67. The Balaban J connectivity index is 1.67. The van der Waals surface area contributed by atoms with Crippen LogP contribution in [-0.2, 0) is 12.8 Å². The Labute approximate surface area is 231 Å². The van der Waals surface area contributed by atoms with E-state index >= 15 is 0 Å². The molecule has 4 aromatic rings. The van der Waals surface area contributed by atoms with Gasteiger partial charge in [0.25, 0.3) is 11.8 Å². The van der Waals surface area contributed by atoms with E-state index in [1.807, 2.05) is 62.4 Å². The molecule has 0 aliphatic heterocycles. The highest BCUT2D eigenvalue weighted by molar-refractivity contribution is 6.23. The maximum Gasteiger partial charge on any atom is 0.336 e. The molecule has 0 atom stereocenters. The van der Waals surface area contributed by atoms with Crippen molar-refractivity contribution >= 4 is 34.5 Å². The minimum absolute atomic E-state index is 0.0175. The van der Waals surface area contributed by atoms with Gasteiger partial charge in [0, 0.05) is 35.0 Å². The van der Waals surface area contributed by atoms with E-state index in [9.17, 15) is 29.4 Å². The molecule has 0 fully saturated rings. The number of aromatic carboxylic acids is 2. The third kappa shape index (κ3) is 6.35. The lowest BCUT2D eigenvalue weighted by molar-refractivity contribution is 0.0686. The first-order chi connectivity index (χ1) is 19.2. The lowest BCUT2D eigenvalue weighted by Gasteiger charge is -2.16. The van der Waals surface area contributed by atoms with E-state index in [0.29, 0.717) is 12.8 Å². The molecule has 4 N–H and O–H groups in total. The van der Waals surface area contributed by atoms with Crippen LogP contribution in [0.15, 0.2) is 72.8 Å². The second kappa shape index (κ2) is 12.3. The number of amides is 2. The molecule has 40 heavy (non-hydrogen) atoms. The fourth-order valence-electron chi connectivity index (χ4n) is 4.80. The van der Waals surface area contributed by atoms with Gasteiger partial charge in [0.15, 0.2) is 0 Å². The second-order valence-corrected chi connectivity index (χ2v) is 9.67. The van der Waals surface area contributed by atoms with Gasteiger partial charge in [-0.3, -0.25) is 9.59 Å². The molecule has 2 amide bonds. The zero-order chi connectivity index (χ0) is 28.8. The van der Waals surface area contributed by atoms with Crippen molar-refractivity contribution in [2.75, 3.05) is 13.1 Å². The summed E-state index contributed by atoms with van der Waals surface area (Å²) in [5, 5.41) is 25.2. The highest BCUT2D eigenvalue weighted by Gasteiger charge is 2.25. The van der Waals surface area contributed by atoms with Gasteiger partial charge in [0.05, 0.1) is 11.1 Å². The Morgan fingerprint density at radius 1 is 0.575 bits per heavy atom. The van der Waals surface area contributed by atoms with Gasteiger partial charge in [0.1, 0.15) is 0 Å². The summed E-state index contributed by atoms with van der Waals surface area (Å²) in [6.45, 7) is 4.52. The quantitative estimate of drug-likeness (QED) is 0.229. The summed E-state index contributed by atoms with van der Waals surface area (Å²) in [7, 11) is 0. The van der Waals surface area contributed by atoms with Crippen molar-refractivity contribution in [3.05, 3.63) is 117 Å². The van der Waals surface area contributed by atoms with Crippen LogP contribution < -0.4 is 10.6 Å². The lowest BCUT2D eigenvalue weighted by Crippen LogP contribution is -2.28. The molecule has 0 spiro atoms. The molecule has 0 heterocycles. The zero-order valence-electron chi connectivity index (χ0n) is 22.3. The number of benzene rings is 4. The van der Waals surface area contributed by atoms with Crippen molar-refractivity contribution < 1.29 is 29.4 Å². The maximum atomic E-state index is 13.3. The summed E-state index contributed by atoms with van der Waals surface area (Å²) >= 11 is 0. The smallest absolute Gasteiger partial charge is 0.336 e. The fourth-order valence-corrected chi connectivity index (χ4v) is 4.80. The van der Waals surface area contributed by atoms with E-state index in [-0.39, 0.29) is 46.1 Å². The molecule has 4 rings (SSSR count). The molecule has 0 saturated carbocycles. The monoisotopic (exact) mass is 538 g/mol. The van der Waals surface area contributed by atoms with Gasteiger partial charge in [-0.1, -0.05) is 59.7 Å². The van der Waals surface area contributed by atoms with Gasteiger partial charge in [-0.25, -0.2) is 9.59 Å². The molecule has 0 aliphatic carbocycles. The summed E-state index contributed by atoms with van der Waals surface area (Å²) in [6, 6.07) is 20.8. The van der Waals surface area contributed by atoms with E-state index < -0.39 is 23.8 Å². The lowest BCUT2D eigenvalue weighted by atomic mass is 9.90. The minimum atomic E-state index is -1.34. The summed E-state index contributed by atoms with van der Waals surface area (Å²) < 4.78 is 0. The molecule has 0 saturated heterocycles. The van der Waals surface area contributed by atoms with E-state index in [0.717, 1.165) is 22.3 Å². The molecule has 0 aliphatic rings. The molecule has 8 nitrogen and oxygen atoms in total. The summed E-state index contributed by atoms with van der Waals surface area (Å²) in [6.07, 6.45) is 1.11. The number of fused-ring (bicyclic) bond motifs is 1. The summed E-state index contributed by atoms with van der Waals surface area (Å²) in [5.74, 6) is -3.80. The van der Waals surface area contributed by atoms with Crippen molar-refractivity contribution in [3.8, 4) is 0 Å². The standard InChI is InChI=1S/C32H30N2O6/c1-19-5-3-7-21(17-19)13-15-33-29(35)23-9-11-26(32(39)40)28-24(10-12-25(27(23)28)31(37)38)30(36)34-16-14-22-8-4-6-20(2)18-22/h3-12,17-18H,13-16H2,1-2H3,(H,33,35)(H,34,36)(H,37,38)(H,39,40). The van der Waals surface area contributed by atoms with Crippen LogP contribution in [0.2, 0.25) is 0 Å². The zero-order valence-corrected chi connectivity index (χ0v) is 22.3. The Morgan fingerprint density at radius 2 is 0.950 bits per heavy atom. The number of rotatable bonds is 10. The van der Waals surface area contributed by atoms with Crippen LogP contribution in [0.25, 0.3) is 10.8 Å². The van der Waals surface area contributed by atoms with Crippen LogP contribution >= 0.6 is 0 Å². The third-order valence-corrected chi connectivity index (χ3v) is 6.67. The summed E-state index contributed by atoms with van der Waals surface area (Å²) in [5.41, 5.74) is 3.68. The number of hydrogen-bond acceptors (Lipinski definition) is 4. The van der Waals surface area contributed by atoms with Crippen LogP contribution in [0.1, 0.15) is 63.7 Å². The Bertz CT molecular complexity index is 1500. The second-order valence-electron chi connectivity index (χ2n) is 9.67. The first-order valence-electron chi connectivity index (χ1n) is 12.9. The van der Waals surface area contributed by atoms with Gasteiger partial charge in [0.2, 0.25) is 0 Å². The summed E-state index contributed by atoms with van der Waals surface area (Å²) in [4.78, 5) is 50.8. The highest BCUT2D eigenvalue weighted by atomic mass is 16.4. The van der Waals surface area contributed by atoms with Gasteiger partial charge in [-0.2, -0.15) is 0 Å². The van der Waals surface area contributed by atoms with Crippen LogP contribution in [0.5, 0.6) is 0 Å². The predicted molar refractivity (Wildman–Crippen MR) is 152 cm³/mol. The van der Waals surface area contributed by atoms with E-state index in [2.05, 4.69) is 10.6 Å². The van der Waals surface area contributed by atoms with E-state index in [1.165, 1.54) is 24.3 Å². The first-order valence-corrected chi connectivity index (χ1v) is 12.9. The van der Waals surface area contributed by atoms with Gasteiger partial charge in [-0.05, 0) is 62.1 Å². The molecule has 8 heteroatoms. The Hall–Kier alpha value is -4.98. The minimum Gasteiger partial charge on any atom is -0.478 e. The first kappa shape index (κ1) is 28.0. The number of aryl methyl sites for hydroxylation is 2. The molecular formula is C32H30N2O6. The van der Waals surface area contributed by atoms with Crippen molar-refractivity contribution in [1.82, 2.24) is 10.6 Å². The topological polar surface area (TPSA) is 133 Å². The van der Waals surface area contributed by atoms with E-state index in [4.69, 9.17) is 0 Å². The fraction of sp³-hybridized carbons (Fsp3) is 0.188. The molecular weight excluding hydrogens is 508 g/mol. The van der Waals surface area contributed by atoms with Crippen LogP contribution in [0.4, 0.5) is 0 Å². The number of carboxylic acids is 2. The predicted octanol–water partition coefficient (Wildman–Crippen LogP) is 4.80. The largest absolute Gasteiger partial charge is 0.478 e. The highest BCUT2D eigenvalue weighted by Crippen LogP contribution is 2.30. The maximum absolute atomic E-state index is 13.3. The molecule has 0 bridgehead atoms. The number of hydrogen-bond donors (Lipinski definition) is 4. The number of carboxylic acid groups (broad SMARTS) is 2. The molecule has 0 unspecified atom stereocenters. The number of carbonyl (C=O) groups is 4. The van der Waals surface area contributed by atoms with Crippen molar-refractivity contribution in [2.24, 2.45) is 0 Å². The van der Waals surface area contributed by atoms with Crippen LogP contribution in [0.3, 0.4) is 0 Å². The van der Waals surface area contributed by atoms with Crippen LogP contribution in [-0.4, -0.2) is 47.1 Å². The van der Waals surface area contributed by atoms with Crippen LogP contribution in [0, 0.1) is 13.8 Å². The number of nitrogens with one attached hydrogen (secondary N) is 2. The average molecular weight is 539 g/mol. The molecule has 4 aromatic carbocycles. The van der Waals surface area contributed by atoms with Crippen molar-refractivity contribution in [1.29, 1.82) is 0 Å². The Kier molecular flexibility index (Phi) is 8.59.